The van der Waals surface area contributed by atoms with E-state index in [0.717, 1.165) is 22.3 Å². The lowest BCUT2D eigenvalue weighted by atomic mass is 10.0. The van der Waals surface area contributed by atoms with E-state index < -0.39 is 23.7 Å². The van der Waals surface area contributed by atoms with Gasteiger partial charge >= 0.3 is 12.1 Å². The number of ether oxygens (including phenoxy) is 1. The summed E-state index contributed by atoms with van der Waals surface area (Å²) in [5.41, 5.74) is 3.38. The number of rotatable bonds is 5. The maximum absolute atomic E-state index is 13.1. The number of anilines is 2. The maximum atomic E-state index is 13.1. The van der Waals surface area contributed by atoms with E-state index in [4.69, 9.17) is 4.74 Å². The molecular weight excluding hydrogens is 434 g/mol. The van der Waals surface area contributed by atoms with E-state index in [9.17, 15) is 14.7 Å². The molecule has 3 aromatic rings. The third-order valence-electron chi connectivity index (χ3n) is 5.77. The lowest BCUT2D eigenvalue weighted by Gasteiger charge is -2.26. The third-order valence-corrected chi connectivity index (χ3v) is 5.77. The van der Waals surface area contributed by atoms with Crippen LogP contribution in [0.4, 0.5) is 16.4 Å². The monoisotopic (exact) mass is 463 g/mol. The van der Waals surface area contributed by atoms with Gasteiger partial charge in [-0.05, 0) is 68.1 Å². The van der Waals surface area contributed by atoms with Crippen molar-refractivity contribution in [3.8, 4) is 11.1 Å². The molecule has 3 heterocycles. The molecule has 0 aliphatic carbocycles. The first-order valence-electron chi connectivity index (χ1n) is 11.1. The molecule has 9 nitrogen and oxygen atoms in total. The van der Waals surface area contributed by atoms with Gasteiger partial charge in [0.25, 0.3) is 0 Å². The summed E-state index contributed by atoms with van der Waals surface area (Å²) in [5, 5.41) is 13.5. The fourth-order valence-corrected chi connectivity index (χ4v) is 3.95. The molecule has 1 atom stereocenters. The number of fused-ring (bicyclic) bond motifs is 1. The number of aryl methyl sites for hydroxylation is 1. The van der Waals surface area contributed by atoms with Crippen molar-refractivity contribution in [2.45, 2.75) is 52.4 Å². The van der Waals surface area contributed by atoms with Crippen molar-refractivity contribution in [1.29, 1.82) is 0 Å². The largest absolute Gasteiger partial charge is 0.480 e. The van der Waals surface area contributed by atoms with Crippen molar-refractivity contribution in [2.75, 3.05) is 4.90 Å². The quantitative estimate of drug-likeness (QED) is 0.600. The van der Waals surface area contributed by atoms with Crippen LogP contribution in [0.1, 0.15) is 38.8 Å². The highest BCUT2D eigenvalue weighted by molar-refractivity contribution is 5.94. The summed E-state index contributed by atoms with van der Waals surface area (Å²) < 4.78 is 7.23. The molecule has 1 aliphatic rings. The molecule has 0 saturated heterocycles. The van der Waals surface area contributed by atoms with Gasteiger partial charge in [0.15, 0.2) is 0 Å². The molecule has 4 rings (SSSR count). The summed E-state index contributed by atoms with van der Waals surface area (Å²) in [6, 6.07) is 11.0. The Hall–Kier alpha value is -3.72. The Labute approximate surface area is 198 Å². The average Bonchev–Trinajstić information content (AvgIpc) is 3.38. The summed E-state index contributed by atoms with van der Waals surface area (Å²) >= 11 is 0. The van der Waals surface area contributed by atoms with Gasteiger partial charge in [0.2, 0.25) is 0 Å². The van der Waals surface area contributed by atoms with Crippen molar-refractivity contribution in [3.05, 3.63) is 59.9 Å². The van der Waals surface area contributed by atoms with E-state index in [1.165, 1.54) is 4.90 Å². The highest BCUT2D eigenvalue weighted by Gasteiger charge is 2.29. The zero-order valence-electron chi connectivity index (χ0n) is 20.0. The van der Waals surface area contributed by atoms with Crippen LogP contribution in [0.15, 0.2) is 48.8 Å². The number of carbonyl (C=O) groups excluding carboxylic acids is 1. The number of pyridine rings is 1. The van der Waals surface area contributed by atoms with Crippen LogP contribution in [-0.4, -0.2) is 48.5 Å². The molecule has 0 bridgehead atoms. The normalized spacial score (nSPS) is 14.5. The van der Waals surface area contributed by atoms with Crippen molar-refractivity contribution >= 4 is 23.7 Å². The van der Waals surface area contributed by atoms with Crippen LogP contribution in [0.3, 0.4) is 0 Å². The lowest BCUT2D eigenvalue weighted by Crippen LogP contribution is -2.35. The van der Waals surface area contributed by atoms with E-state index in [1.54, 1.807) is 37.1 Å². The molecule has 1 aliphatic heterocycles. The number of hydrogen-bond donors (Lipinski definition) is 1. The summed E-state index contributed by atoms with van der Waals surface area (Å²) in [6.07, 6.45) is 2.72. The maximum Gasteiger partial charge on any atom is 0.421 e. The Morgan fingerprint density at radius 3 is 2.41 bits per heavy atom. The Bertz CT molecular complexity index is 1230. The summed E-state index contributed by atoms with van der Waals surface area (Å²) in [7, 11) is 1.75. The fraction of sp³-hybridized carbons (Fsp3) is 0.360. The summed E-state index contributed by atoms with van der Waals surface area (Å²) in [5.74, 6) is 0.118. The molecule has 2 aromatic heterocycles. The molecule has 178 valence electrons. The number of benzene rings is 1. The van der Waals surface area contributed by atoms with E-state index in [0.29, 0.717) is 24.7 Å². The molecule has 0 saturated carbocycles. The first-order valence-corrected chi connectivity index (χ1v) is 11.1. The highest BCUT2D eigenvalue weighted by Crippen LogP contribution is 2.32. The molecule has 0 spiro atoms. The van der Waals surface area contributed by atoms with Crippen LogP contribution in [0.2, 0.25) is 0 Å². The Morgan fingerprint density at radius 2 is 1.76 bits per heavy atom. The minimum atomic E-state index is -0.829. The molecule has 1 aromatic carbocycles. The van der Waals surface area contributed by atoms with Crippen LogP contribution >= 0.6 is 0 Å². The lowest BCUT2D eigenvalue weighted by molar-refractivity contribution is -0.142. The molecule has 34 heavy (non-hydrogen) atoms. The van der Waals surface area contributed by atoms with Crippen molar-refractivity contribution < 1.29 is 19.4 Å². The average molecular weight is 464 g/mol. The standard InChI is InChI=1S/C25H29N5O4/c1-16(23(31)32)29-14-19-7-6-17(12-20(19)15-29)18-8-10-26-21(13-18)30(22-9-11-27-28(22)5)24(33)34-25(2,3)4/h6-13,16H,14-15H2,1-5H3,(H,31,32). The van der Waals surface area contributed by atoms with Crippen LogP contribution in [-0.2, 0) is 29.7 Å². The van der Waals surface area contributed by atoms with Crippen molar-refractivity contribution in [3.63, 3.8) is 0 Å². The van der Waals surface area contributed by atoms with Gasteiger partial charge < -0.3 is 9.84 Å². The highest BCUT2D eigenvalue weighted by atomic mass is 16.6. The second-order valence-corrected chi connectivity index (χ2v) is 9.43. The molecule has 1 amide bonds. The second-order valence-electron chi connectivity index (χ2n) is 9.43. The van der Waals surface area contributed by atoms with Gasteiger partial charge in [-0.15, -0.1) is 0 Å². The second kappa shape index (κ2) is 8.90. The zero-order chi connectivity index (χ0) is 24.6. The molecule has 0 radical (unpaired) electrons. The van der Waals surface area contributed by atoms with Crippen molar-refractivity contribution in [1.82, 2.24) is 19.7 Å². The first-order chi connectivity index (χ1) is 16.0. The van der Waals surface area contributed by atoms with Crippen LogP contribution in [0.25, 0.3) is 11.1 Å². The SMILES string of the molecule is CC(C(=O)O)N1Cc2ccc(-c3ccnc(N(C(=O)OC(C)(C)C)c4ccnn4C)c3)cc2C1. The number of carbonyl (C=O) groups is 2. The van der Waals surface area contributed by atoms with Gasteiger partial charge in [-0.25, -0.2) is 14.7 Å². The number of carboxylic acids is 1. The first kappa shape index (κ1) is 23.4. The molecular formula is C25H29N5O4. The predicted molar refractivity (Wildman–Crippen MR) is 128 cm³/mol. The molecule has 1 unspecified atom stereocenters. The van der Waals surface area contributed by atoms with E-state index >= 15 is 0 Å². The van der Waals surface area contributed by atoms with Gasteiger partial charge in [-0.1, -0.05) is 12.1 Å². The third kappa shape index (κ3) is 4.79. The van der Waals surface area contributed by atoms with Gasteiger partial charge in [-0.3, -0.25) is 14.4 Å². The minimum Gasteiger partial charge on any atom is -0.480 e. The van der Waals surface area contributed by atoms with Gasteiger partial charge in [-0.2, -0.15) is 5.10 Å². The summed E-state index contributed by atoms with van der Waals surface area (Å²) in [6.45, 7) is 8.33. The van der Waals surface area contributed by atoms with Gasteiger partial charge in [0.1, 0.15) is 23.3 Å². The Morgan fingerprint density at radius 1 is 1.06 bits per heavy atom. The molecule has 1 N–H and O–H groups in total. The topological polar surface area (TPSA) is 101 Å². The van der Waals surface area contributed by atoms with E-state index in [1.807, 2.05) is 49.9 Å². The predicted octanol–water partition coefficient (Wildman–Crippen LogP) is 4.34. The Balaban J connectivity index is 1.67. The summed E-state index contributed by atoms with van der Waals surface area (Å²) in [4.78, 5) is 32.3. The van der Waals surface area contributed by atoms with Crippen molar-refractivity contribution in [2.24, 2.45) is 7.05 Å². The minimum absolute atomic E-state index is 0.414. The van der Waals surface area contributed by atoms with Crippen LogP contribution in [0, 0.1) is 0 Å². The van der Waals surface area contributed by atoms with Gasteiger partial charge in [0, 0.05) is 32.4 Å². The Kier molecular flexibility index (Phi) is 6.14. The number of amides is 1. The molecule has 9 heteroatoms. The van der Waals surface area contributed by atoms with E-state index in [-0.39, 0.29) is 0 Å². The number of nitrogens with zero attached hydrogens (tertiary/aromatic N) is 5. The number of aliphatic carboxylic acids is 1. The molecule has 0 fully saturated rings. The van der Waals surface area contributed by atoms with Crippen LogP contribution in [0.5, 0.6) is 0 Å². The number of hydrogen-bond acceptors (Lipinski definition) is 6. The number of aromatic nitrogens is 3. The zero-order valence-corrected chi connectivity index (χ0v) is 20.0. The van der Waals surface area contributed by atoms with E-state index in [2.05, 4.69) is 16.1 Å². The van der Waals surface area contributed by atoms with Gasteiger partial charge in [0.05, 0.1) is 6.20 Å². The number of carboxylic acid groups (broad SMARTS) is 1. The van der Waals surface area contributed by atoms with Crippen LogP contribution < -0.4 is 4.90 Å². The fourth-order valence-electron chi connectivity index (χ4n) is 3.95. The smallest absolute Gasteiger partial charge is 0.421 e.